The highest BCUT2D eigenvalue weighted by molar-refractivity contribution is 5.92. The zero-order chi connectivity index (χ0) is 15.3. The zero-order valence-electron chi connectivity index (χ0n) is 12.1. The minimum atomic E-state index is -0.622. The molecular formula is C17H19FN2O2. The van der Waals surface area contributed by atoms with Gasteiger partial charge >= 0.3 is 0 Å². The molecule has 2 fully saturated rings. The fourth-order valence-electron chi connectivity index (χ4n) is 4.21. The first kappa shape index (κ1) is 13.9. The van der Waals surface area contributed by atoms with Crippen LogP contribution in [0.1, 0.15) is 12.8 Å². The Hall–Kier alpha value is -1.72. The zero-order valence-corrected chi connectivity index (χ0v) is 12.1. The van der Waals surface area contributed by atoms with Gasteiger partial charge in [-0.2, -0.15) is 0 Å². The van der Waals surface area contributed by atoms with E-state index in [-0.39, 0.29) is 17.7 Å². The molecule has 1 heterocycles. The number of hydrogen-bond donors (Lipinski definition) is 3. The predicted octanol–water partition coefficient (Wildman–Crippen LogP) is 2.16. The summed E-state index contributed by atoms with van der Waals surface area (Å²) in [7, 11) is 0. The second kappa shape index (κ2) is 5.18. The molecule has 3 N–H and O–H groups in total. The molecule has 0 radical (unpaired) electrons. The number of aromatic nitrogens is 1. The van der Waals surface area contributed by atoms with Gasteiger partial charge in [0.05, 0.1) is 17.6 Å². The van der Waals surface area contributed by atoms with Gasteiger partial charge in [-0.25, -0.2) is 9.37 Å². The van der Waals surface area contributed by atoms with Gasteiger partial charge in [0, 0.05) is 12.7 Å². The van der Waals surface area contributed by atoms with Crippen LogP contribution in [0.5, 0.6) is 0 Å². The van der Waals surface area contributed by atoms with Crippen LogP contribution in [0, 0.1) is 23.6 Å². The Labute approximate surface area is 128 Å². The summed E-state index contributed by atoms with van der Waals surface area (Å²) in [6.07, 6.45) is 2.26. The lowest BCUT2D eigenvalue weighted by atomic mass is 9.85. The van der Waals surface area contributed by atoms with Gasteiger partial charge in [0.25, 0.3) is 0 Å². The van der Waals surface area contributed by atoms with Gasteiger partial charge in [-0.3, -0.25) is 0 Å². The van der Waals surface area contributed by atoms with Crippen LogP contribution in [0.4, 0.5) is 10.2 Å². The molecule has 2 aromatic rings. The summed E-state index contributed by atoms with van der Waals surface area (Å²) in [6, 6.07) is 6.78. The number of hydrogen-bond acceptors (Lipinski definition) is 4. The third kappa shape index (κ3) is 2.08. The highest BCUT2D eigenvalue weighted by atomic mass is 19.1. The summed E-state index contributed by atoms with van der Waals surface area (Å²) in [5.74, 6) is 0.897. The molecule has 2 aliphatic carbocycles. The first-order valence-corrected chi connectivity index (χ1v) is 7.78. The quantitative estimate of drug-likeness (QED) is 0.813. The van der Waals surface area contributed by atoms with Crippen LogP contribution in [0.15, 0.2) is 30.5 Å². The number of fused-ring (bicyclic) bond motifs is 3. The molecule has 1 aromatic carbocycles. The molecule has 5 atom stereocenters. The Morgan fingerprint density at radius 1 is 1.18 bits per heavy atom. The molecule has 2 saturated carbocycles. The summed E-state index contributed by atoms with van der Waals surface area (Å²) in [4.78, 5) is 4.26. The van der Waals surface area contributed by atoms with Crippen molar-refractivity contribution in [2.45, 2.75) is 25.0 Å². The van der Waals surface area contributed by atoms with E-state index in [9.17, 15) is 14.6 Å². The van der Waals surface area contributed by atoms with E-state index in [0.29, 0.717) is 23.7 Å². The molecule has 2 aliphatic rings. The van der Waals surface area contributed by atoms with Gasteiger partial charge in [0.1, 0.15) is 11.6 Å². The SMILES string of the molecule is O[C@H]1[C@@H]2C[C@H](CNc3nccc4cccc(F)c34)[C@@H](C2)[C@H]1O. The van der Waals surface area contributed by atoms with Crippen LogP contribution >= 0.6 is 0 Å². The van der Waals surface area contributed by atoms with Crippen molar-refractivity contribution < 1.29 is 14.6 Å². The summed E-state index contributed by atoms with van der Waals surface area (Å²) < 4.78 is 14.1. The number of halogens is 1. The lowest BCUT2D eigenvalue weighted by Gasteiger charge is -2.30. The molecule has 4 nitrogen and oxygen atoms in total. The van der Waals surface area contributed by atoms with Crippen LogP contribution in [0.2, 0.25) is 0 Å². The van der Waals surface area contributed by atoms with Crippen molar-refractivity contribution in [1.82, 2.24) is 4.98 Å². The monoisotopic (exact) mass is 302 g/mol. The Bertz CT molecular complexity index is 701. The molecule has 1 aromatic heterocycles. The summed E-state index contributed by atoms with van der Waals surface area (Å²) >= 11 is 0. The fraction of sp³-hybridized carbons (Fsp3) is 0.471. The molecular weight excluding hydrogens is 283 g/mol. The molecule has 0 aliphatic heterocycles. The molecule has 0 unspecified atom stereocenters. The van der Waals surface area contributed by atoms with Gasteiger partial charge in [-0.05, 0) is 48.1 Å². The minimum absolute atomic E-state index is 0.132. The molecule has 0 spiro atoms. The standard InChI is InChI=1S/C17H19FN2O2/c18-13-3-1-2-9-4-5-19-17(14(9)13)20-8-11-6-10-7-12(11)16(22)15(10)21/h1-5,10-12,15-16,21-22H,6-8H2,(H,19,20)/t10-,11-,12-,15+,16-/m1/s1. The van der Waals surface area contributed by atoms with Crippen LogP contribution < -0.4 is 5.32 Å². The average molecular weight is 302 g/mol. The summed E-state index contributed by atoms with van der Waals surface area (Å²) in [5.41, 5.74) is 0. The Kier molecular flexibility index (Phi) is 3.27. The topological polar surface area (TPSA) is 65.4 Å². The van der Waals surface area contributed by atoms with Crippen LogP contribution in [0.25, 0.3) is 10.8 Å². The summed E-state index contributed by atoms with van der Waals surface area (Å²) in [6.45, 7) is 0.644. The Morgan fingerprint density at radius 3 is 2.82 bits per heavy atom. The molecule has 22 heavy (non-hydrogen) atoms. The maximum Gasteiger partial charge on any atom is 0.136 e. The van der Waals surface area contributed by atoms with E-state index in [0.717, 1.165) is 18.2 Å². The van der Waals surface area contributed by atoms with E-state index in [1.807, 2.05) is 6.07 Å². The first-order chi connectivity index (χ1) is 10.6. The van der Waals surface area contributed by atoms with Crippen molar-refractivity contribution in [3.8, 4) is 0 Å². The van der Waals surface area contributed by atoms with E-state index in [2.05, 4.69) is 10.3 Å². The van der Waals surface area contributed by atoms with Gasteiger partial charge < -0.3 is 15.5 Å². The van der Waals surface area contributed by atoms with Crippen molar-refractivity contribution in [2.24, 2.45) is 17.8 Å². The Balaban J connectivity index is 1.54. The highest BCUT2D eigenvalue weighted by Crippen LogP contribution is 2.48. The second-order valence-corrected chi connectivity index (χ2v) is 6.52. The molecule has 116 valence electrons. The van der Waals surface area contributed by atoms with E-state index in [1.54, 1.807) is 18.3 Å². The molecule has 4 rings (SSSR count). The number of rotatable bonds is 3. The third-order valence-electron chi connectivity index (χ3n) is 5.33. The highest BCUT2D eigenvalue weighted by Gasteiger charge is 2.51. The van der Waals surface area contributed by atoms with Crippen molar-refractivity contribution in [3.63, 3.8) is 0 Å². The number of benzene rings is 1. The number of nitrogens with one attached hydrogen (secondary N) is 1. The van der Waals surface area contributed by atoms with Crippen LogP contribution in [0.3, 0.4) is 0 Å². The normalized spacial score (nSPS) is 33.5. The van der Waals surface area contributed by atoms with Gasteiger partial charge in [0.2, 0.25) is 0 Å². The van der Waals surface area contributed by atoms with E-state index in [4.69, 9.17) is 0 Å². The molecule has 0 saturated heterocycles. The van der Waals surface area contributed by atoms with Crippen LogP contribution in [-0.4, -0.2) is 33.9 Å². The largest absolute Gasteiger partial charge is 0.390 e. The molecule has 2 bridgehead atoms. The number of anilines is 1. The molecule has 0 amide bonds. The van der Waals surface area contributed by atoms with E-state index in [1.165, 1.54) is 6.07 Å². The Morgan fingerprint density at radius 2 is 2.05 bits per heavy atom. The fourth-order valence-corrected chi connectivity index (χ4v) is 4.21. The van der Waals surface area contributed by atoms with Crippen LogP contribution in [-0.2, 0) is 0 Å². The maximum absolute atomic E-state index is 14.1. The van der Waals surface area contributed by atoms with E-state index < -0.39 is 12.2 Å². The van der Waals surface area contributed by atoms with Gasteiger partial charge in [0.15, 0.2) is 0 Å². The van der Waals surface area contributed by atoms with Crippen molar-refractivity contribution >= 4 is 16.6 Å². The lowest BCUT2D eigenvalue weighted by Crippen LogP contribution is -2.38. The molecule has 5 heteroatoms. The second-order valence-electron chi connectivity index (χ2n) is 6.52. The minimum Gasteiger partial charge on any atom is -0.390 e. The number of nitrogens with zero attached hydrogens (tertiary/aromatic N) is 1. The third-order valence-corrected chi connectivity index (χ3v) is 5.33. The number of pyridine rings is 1. The van der Waals surface area contributed by atoms with Gasteiger partial charge in [-0.1, -0.05) is 12.1 Å². The summed E-state index contributed by atoms with van der Waals surface area (Å²) in [5, 5.41) is 24.4. The first-order valence-electron chi connectivity index (χ1n) is 7.78. The lowest BCUT2D eigenvalue weighted by molar-refractivity contribution is -0.0317. The predicted molar refractivity (Wildman–Crippen MR) is 81.9 cm³/mol. The van der Waals surface area contributed by atoms with Crippen molar-refractivity contribution in [1.29, 1.82) is 0 Å². The van der Waals surface area contributed by atoms with Gasteiger partial charge in [-0.15, -0.1) is 0 Å². The van der Waals surface area contributed by atoms with Crippen molar-refractivity contribution in [2.75, 3.05) is 11.9 Å². The number of aliphatic hydroxyl groups is 2. The average Bonchev–Trinajstić information content (AvgIpc) is 3.06. The smallest absolute Gasteiger partial charge is 0.136 e. The number of aliphatic hydroxyl groups excluding tert-OH is 2. The van der Waals surface area contributed by atoms with Crippen molar-refractivity contribution in [3.05, 3.63) is 36.3 Å². The maximum atomic E-state index is 14.1. The van der Waals surface area contributed by atoms with E-state index >= 15 is 0 Å².